The first-order valence-electron chi connectivity index (χ1n) is 10.7. The Morgan fingerprint density at radius 2 is 1.08 bits per heavy atom. The van der Waals surface area contributed by atoms with Gasteiger partial charge in [-0.3, -0.25) is 4.55 Å². The van der Waals surface area contributed by atoms with Crippen LogP contribution in [0.2, 0.25) is 0 Å². The smallest absolute Gasteiger partial charge is 0.304 e. The molecule has 1 N–H and O–H groups in total. The second-order valence-electron chi connectivity index (χ2n) is 6.75. The predicted octanol–water partition coefficient (Wildman–Crippen LogP) is 5.86. The summed E-state index contributed by atoms with van der Waals surface area (Å²) in [5, 5.41) is 0. The lowest BCUT2D eigenvalue weighted by Crippen LogP contribution is -2.23. The summed E-state index contributed by atoms with van der Waals surface area (Å²) in [6.07, 6.45) is 17.4. The Balaban J connectivity index is 0. The van der Waals surface area contributed by atoms with Crippen LogP contribution in [-0.4, -0.2) is 44.1 Å². The molecule has 0 atom stereocenters. The molecule has 5 nitrogen and oxygen atoms in total. The topological polar surface area (TPSA) is 66.8 Å². The van der Waals surface area contributed by atoms with Gasteiger partial charge in [0, 0.05) is 0 Å². The first-order chi connectivity index (χ1) is 12.4. The van der Waals surface area contributed by atoms with Gasteiger partial charge in [0.1, 0.15) is 0 Å². The molecule has 0 radical (unpaired) electrons. The third kappa shape index (κ3) is 26.1. The monoisotopic (exact) mass is 395 g/mol. The SMILES string of the molecule is CCCCCCCCCCCCCCN(CC)CC.CCOS(=O)(=O)O. The summed E-state index contributed by atoms with van der Waals surface area (Å²) in [7, 11) is -4.17. The van der Waals surface area contributed by atoms with Gasteiger partial charge in [-0.1, -0.05) is 91.4 Å². The summed E-state index contributed by atoms with van der Waals surface area (Å²) in [5.41, 5.74) is 0. The van der Waals surface area contributed by atoms with Gasteiger partial charge in [0.25, 0.3) is 0 Å². The molecule has 0 rings (SSSR count). The lowest BCUT2D eigenvalue weighted by atomic mass is 10.1. The van der Waals surface area contributed by atoms with Crippen LogP contribution in [0.25, 0.3) is 0 Å². The van der Waals surface area contributed by atoms with E-state index in [0.29, 0.717) is 0 Å². The molecule has 0 aromatic rings. The normalized spacial score (nSPS) is 11.5. The summed E-state index contributed by atoms with van der Waals surface area (Å²) < 4.78 is 30.7. The second kappa shape index (κ2) is 21.1. The molecule has 0 aliphatic carbocycles. The highest BCUT2D eigenvalue weighted by molar-refractivity contribution is 7.80. The van der Waals surface area contributed by atoms with Gasteiger partial charge in [-0.2, -0.15) is 8.42 Å². The van der Waals surface area contributed by atoms with Crippen LogP contribution in [-0.2, 0) is 14.6 Å². The van der Waals surface area contributed by atoms with E-state index >= 15 is 0 Å². The van der Waals surface area contributed by atoms with Crippen molar-refractivity contribution in [3.63, 3.8) is 0 Å². The quantitative estimate of drug-likeness (QED) is 0.247. The second-order valence-corrected chi connectivity index (χ2v) is 7.84. The van der Waals surface area contributed by atoms with Crippen molar-refractivity contribution in [1.82, 2.24) is 4.90 Å². The zero-order chi connectivity index (χ0) is 20.1. The predicted molar refractivity (Wildman–Crippen MR) is 112 cm³/mol. The Labute approximate surface area is 163 Å². The summed E-state index contributed by atoms with van der Waals surface area (Å²) >= 11 is 0. The summed E-state index contributed by atoms with van der Waals surface area (Å²) in [6, 6.07) is 0. The molecule has 0 saturated heterocycles. The summed E-state index contributed by atoms with van der Waals surface area (Å²) in [5.74, 6) is 0. The first kappa shape index (κ1) is 28.0. The minimum atomic E-state index is -4.17. The molecule has 0 fully saturated rings. The zero-order valence-corrected chi connectivity index (χ0v) is 18.7. The largest absolute Gasteiger partial charge is 0.397 e. The molecular formula is C20H45NO4S. The first-order valence-corrected chi connectivity index (χ1v) is 12.1. The van der Waals surface area contributed by atoms with E-state index in [2.05, 4.69) is 29.9 Å². The fourth-order valence-electron chi connectivity index (χ4n) is 2.87. The van der Waals surface area contributed by atoms with Gasteiger partial charge in [0.2, 0.25) is 0 Å². The molecule has 0 heterocycles. The molecule has 0 amide bonds. The van der Waals surface area contributed by atoms with E-state index in [1.165, 1.54) is 104 Å². The highest BCUT2D eigenvalue weighted by atomic mass is 32.3. The summed E-state index contributed by atoms with van der Waals surface area (Å²) in [6.45, 7) is 12.0. The van der Waals surface area contributed by atoms with E-state index in [1.807, 2.05) is 0 Å². The van der Waals surface area contributed by atoms with Crippen LogP contribution in [0.15, 0.2) is 0 Å². The van der Waals surface area contributed by atoms with Gasteiger partial charge < -0.3 is 4.90 Å². The molecule has 0 unspecified atom stereocenters. The average molecular weight is 396 g/mol. The third-order valence-corrected chi connectivity index (χ3v) is 5.02. The van der Waals surface area contributed by atoms with E-state index in [9.17, 15) is 8.42 Å². The van der Waals surface area contributed by atoms with Crippen molar-refractivity contribution in [1.29, 1.82) is 0 Å². The Hall–Kier alpha value is -0.170. The molecule has 0 spiro atoms. The molecule has 160 valence electrons. The van der Waals surface area contributed by atoms with Crippen molar-refractivity contribution in [2.45, 2.75) is 105 Å². The van der Waals surface area contributed by atoms with Crippen molar-refractivity contribution in [2.24, 2.45) is 0 Å². The van der Waals surface area contributed by atoms with Gasteiger partial charge in [0.05, 0.1) is 6.61 Å². The van der Waals surface area contributed by atoms with Crippen molar-refractivity contribution >= 4 is 10.4 Å². The van der Waals surface area contributed by atoms with Crippen LogP contribution in [0.3, 0.4) is 0 Å². The molecule has 0 bridgehead atoms. The Morgan fingerprint density at radius 3 is 1.35 bits per heavy atom. The Bertz CT molecular complexity index is 357. The lowest BCUT2D eigenvalue weighted by molar-refractivity contribution is 0.283. The van der Waals surface area contributed by atoms with E-state index in [4.69, 9.17) is 4.55 Å². The van der Waals surface area contributed by atoms with Gasteiger partial charge in [-0.05, 0) is 33.0 Å². The molecule has 0 saturated carbocycles. The maximum absolute atomic E-state index is 9.56. The van der Waals surface area contributed by atoms with Gasteiger partial charge in [0.15, 0.2) is 0 Å². The zero-order valence-electron chi connectivity index (χ0n) is 17.8. The van der Waals surface area contributed by atoms with Gasteiger partial charge in [-0.15, -0.1) is 0 Å². The van der Waals surface area contributed by atoms with Crippen LogP contribution in [0, 0.1) is 0 Å². The van der Waals surface area contributed by atoms with E-state index in [0.717, 1.165) is 0 Å². The highest BCUT2D eigenvalue weighted by Crippen LogP contribution is 2.12. The maximum Gasteiger partial charge on any atom is 0.397 e. The third-order valence-electron chi connectivity index (χ3n) is 4.49. The van der Waals surface area contributed by atoms with Gasteiger partial charge >= 0.3 is 10.4 Å². The number of hydrogen-bond donors (Lipinski definition) is 1. The standard InChI is InChI=1S/C18H39N.C2H6O4S/c1-4-7-8-9-10-11-12-13-14-15-16-17-18-19(5-2)6-3;1-2-6-7(3,4)5/h4-18H2,1-3H3;2H2,1H3,(H,3,4,5). The minimum absolute atomic E-state index is 0.0289. The molecule has 6 heteroatoms. The molecule has 0 aromatic carbocycles. The van der Waals surface area contributed by atoms with E-state index in [1.54, 1.807) is 0 Å². The fourth-order valence-corrected chi connectivity index (χ4v) is 3.16. The molecule has 0 aliphatic heterocycles. The summed E-state index contributed by atoms with van der Waals surface area (Å²) in [4.78, 5) is 2.54. The van der Waals surface area contributed by atoms with Crippen LogP contribution < -0.4 is 0 Å². The number of hydrogen-bond acceptors (Lipinski definition) is 4. The Kier molecular flexibility index (Phi) is 22.8. The molecule has 26 heavy (non-hydrogen) atoms. The van der Waals surface area contributed by atoms with Crippen molar-refractivity contribution in [3.05, 3.63) is 0 Å². The number of nitrogens with zero attached hydrogens (tertiary/aromatic N) is 1. The molecule has 0 aliphatic rings. The van der Waals surface area contributed by atoms with Crippen LogP contribution >= 0.6 is 0 Å². The Morgan fingerprint density at radius 1 is 0.692 bits per heavy atom. The van der Waals surface area contributed by atoms with E-state index in [-0.39, 0.29) is 6.61 Å². The van der Waals surface area contributed by atoms with Crippen LogP contribution in [0.5, 0.6) is 0 Å². The van der Waals surface area contributed by atoms with Gasteiger partial charge in [-0.25, -0.2) is 4.18 Å². The molecular weight excluding hydrogens is 350 g/mol. The van der Waals surface area contributed by atoms with Crippen molar-refractivity contribution in [2.75, 3.05) is 26.2 Å². The van der Waals surface area contributed by atoms with Crippen molar-refractivity contribution < 1.29 is 17.2 Å². The highest BCUT2D eigenvalue weighted by Gasteiger charge is 1.99. The maximum atomic E-state index is 9.56. The molecule has 0 aromatic heterocycles. The average Bonchev–Trinajstić information content (AvgIpc) is 2.59. The fraction of sp³-hybridized carbons (Fsp3) is 1.00. The van der Waals surface area contributed by atoms with Crippen molar-refractivity contribution in [3.8, 4) is 0 Å². The minimum Gasteiger partial charge on any atom is -0.304 e. The number of unbranched alkanes of at least 4 members (excludes halogenated alkanes) is 11. The van der Waals surface area contributed by atoms with Crippen LogP contribution in [0.1, 0.15) is 105 Å². The lowest BCUT2D eigenvalue weighted by Gasteiger charge is -2.17. The number of rotatable bonds is 17. The van der Waals surface area contributed by atoms with Crippen LogP contribution in [0.4, 0.5) is 0 Å². The van der Waals surface area contributed by atoms with E-state index < -0.39 is 10.4 Å².